The van der Waals surface area contributed by atoms with Crippen molar-refractivity contribution in [3.05, 3.63) is 87.8 Å². The summed E-state index contributed by atoms with van der Waals surface area (Å²) < 4.78 is 30.9. The fourth-order valence-electron chi connectivity index (χ4n) is 5.74. The fraction of sp³-hybridized carbons (Fsp3) is 0.314. The molecule has 1 aromatic heterocycles. The molecule has 1 aliphatic rings. The van der Waals surface area contributed by atoms with E-state index >= 15 is 0 Å². The van der Waals surface area contributed by atoms with Crippen LogP contribution in [0.3, 0.4) is 0 Å². The van der Waals surface area contributed by atoms with Crippen LogP contribution in [0.15, 0.2) is 60.7 Å². The van der Waals surface area contributed by atoms with E-state index in [1.165, 1.54) is 9.58 Å². The molecule has 0 saturated carbocycles. The number of hydrogen-bond acceptors (Lipinski definition) is 6. The van der Waals surface area contributed by atoms with Crippen LogP contribution in [0.2, 0.25) is 0 Å². The van der Waals surface area contributed by atoms with Crippen LogP contribution in [0.1, 0.15) is 64.0 Å². The first-order chi connectivity index (χ1) is 20.5. The van der Waals surface area contributed by atoms with E-state index in [1.54, 1.807) is 18.3 Å². The standard InChI is InChI=1S/C35H34O6S2/c1-4-5-27(20-33(36)37)25-7-10-29(11-8-25)41-21-24-6-13-32-31(19-24)34(23(3)42-32)30-12-9-28(18-22(30)2)35(38)26-14-16-43(39,40)17-15-26/h6-13,18-19,26-27H,14-17,20-21H2,1-3H3,(H,36,37)/t27-/m0/s1. The number of aryl methyl sites for hydroxylation is 2. The smallest absolute Gasteiger partial charge is 0.304 e. The monoisotopic (exact) mass is 614 g/mol. The van der Waals surface area contributed by atoms with Gasteiger partial charge in [0, 0.05) is 32.0 Å². The molecule has 3 aromatic carbocycles. The summed E-state index contributed by atoms with van der Waals surface area (Å²) in [5.74, 6) is 5.18. The van der Waals surface area contributed by atoms with Crippen LogP contribution in [0.5, 0.6) is 5.75 Å². The second-order valence-corrected chi connectivity index (χ2v) is 14.6. The van der Waals surface area contributed by atoms with Gasteiger partial charge in [0.05, 0.1) is 23.8 Å². The second kappa shape index (κ2) is 12.7. The Morgan fingerprint density at radius 2 is 1.74 bits per heavy atom. The van der Waals surface area contributed by atoms with Gasteiger partial charge in [-0.3, -0.25) is 9.59 Å². The molecule has 0 bridgehead atoms. The Bertz CT molecular complexity index is 1840. The quantitative estimate of drug-likeness (QED) is 0.156. The van der Waals surface area contributed by atoms with Crippen LogP contribution in [-0.4, -0.2) is 36.8 Å². The first-order valence-corrected chi connectivity index (χ1v) is 16.9. The summed E-state index contributed by atoms with van der Waals surface area (Å²) in [6.45, 7) is 6.21. The molecule has 1 N–H and O–H groups in total. The zero-order valence-corrected chi connectivity index (χ0v) is 26.1. The number of hydrogen-bond donors (Lipinski definition) is 1. The first kappa shape index (κ1) is 30.5. The van der Waals surface area contributed by atoms with Crippen molar-refractivity contribution >= 4 is 43.0 Å². The topological polar surface area (TPSA) is 97.7 Å². The molecule has 0 amide bonds. The SMILES string of the molecule is CC#C[C@@H](CC(=O)O)c1ccc(OCc2ccc3sc(C)c(-c4ccc(C(=O)C5CCS(=O)(=O)CC5)cc4C)c3c2)cc1. The van der Waals surface area contributed by atoms with Crippen molar-refractivity contribution < 1.29 is 27.9 Å². The molecule has 1 aliphatic heterocycles. The van der Waals surface area contributed by atoms with Crippen molar-refractivity contribution in [1.82, 2.24) is 0 Å². The third kappa shape index (κ3) is 7.01. The Morgan fingerprint density at radius 1 is 1.02 bits per heavy atom. The molecule has 0 radical (unpaired) electrons. The Morgan fingerprint density at radius 3 is 2.40 bits per heavy atom. The maximum atomic E-state index is 13.2. The predicted molar refractivity (Wildman–Crippen MR) is 172 cm³/mol. The average Bonchev–Trinajstić information content (AvgIpc) is 3.30. The van der Waals surface area contributed by atoms with Crippen molar-refractivity contribution in [2.45, 2.75) is 52.6 Å². The molecule has 1 fully saturated rings. The zero-order valence-electron chi connectivity index (χ0n) is 24.5. The van der Waals surface area contributed by atoms with Gasteiger partial charge >= 0.3 is 5.97 Å². The normalized spacial score (nSPS) is 15.4. The molecule has 43 heavy (non-hydrogen) atoms. The lowest BCUT2D eigenvalue weighted by molar-refractivity contribution is -0.137. The molecule has 222 valence electrons. The zero-order chi connectivity index (χ0) is 30.7. The lowest BCUT2D eigenvalue weighted by Crippen LogP contribution is -2.28. The summed E-state index contributed by atoms with van der Waals surface area (Å²) in [6, 6.07) is 19.6. The molecule has 0 spiro atoms. The highest BCUT2D eigenvalue weighted by Gasteiger charge is 2.29. The van der Waals surface area contributed by atoms with Crippen LogP contribution in [0, 0.1) is 31.6 Å². The number of carboxylic acid groups (broad SMARTS) is 1. The number of thiophene rings is 1. The molecule has 1 atom stereocenters. The fourth-order valence-corrected chi connectivity index (χ4v) is 8.29. The van der Waals surface area contributed by atoms with E-state index in [0.29, 0.717) is 30.8 Å². The van der Waals surface area contributed by atoms with Crippen LogP contribution in [0.25, 0.3) is 21.2 Å². The van der Waals surface area contributed by atoms with Crippen LogP contribution in [0.4, 0.5) is 0 Å². The molecule has 1 saturated heterocycles. The highest BCUT2D eigenvalue weighted by Crippen LogP contribution is 2.40. The molecule has 0 aliphatic carbocycles. The van der Waals surface area contributed by atoms with Gasteiger partial charge in [-0.05, 0) is 86.2 Å². The summed E-state index contributed by atoms with van der Waals surface area (Å²) in [4.78, 5) is 25.6. The maximum absolute atomic E-state index is 13.2. The summed E-state index contributed by atoms with van der Waals surface area (Å²) >= 11 is 1.73. The number of carbonyl (C=O) groups is 2. The number of ketones is 1. The molecular weight excluding hydrogens is 581 g/mol. The van der Waals surface area contributed by atoms with Crippen molar-refractivity contribution in [2.75, 3.05) is 11.5 Å². The minimum atomic E-state index is -3.02. The number of Topliss-reactive ketones (excluding diaryl/α,β-unsaturated/α-hetero) is 1. The van der Waals surface area contributed by atoms with Crippen molar-refractivity contribution in [2.24, 2.45) is 5.92 Å². The third-order valence-electron chi connectivity index (χ3n) is 8.02. The second-order valence-electron chi connectivity index (χ2n) is 11.1. The van der Waals surface area contributed by atoms with Crippen LogP contribution >= 0.6 is 11.3 Å². The van der Waals surface area contributed by atoms with E-state index in [2.05, 4.69) is 37.0 Å². The van der Waals surface area contributed by atoms with E-state index in [9.17, 15) is 23.1 Å². The number of rotatable bonds is 9. The van der Waals surface area contributed by atoms with Gasteiger partial charge in [0.1, 0.15) is 22.2 Å². The summed E-state index contributed by atoms with van der Waals surface area (Å²) in [5.41, 5.74) is 5.73. The Labute approximate surface area is 256 Å². The van der Waals surface area contributed by atoms with E-state index in [4.69, 9.17) is 4.74 Å². The number of aliphatic carboxylic acids is 1. The highest BCUT2D eigenvalue weighted by atomic mass is 32.2. The molecule has 8 heteroatoms. The number of sulfone groups is 1. The molecule has 0 unspecified atom stereocenters. The molecular formula is C35H34O6S2. The van der Waals surface area contributed by atoms with E-state index in [1.807, 2.05) is 49.4 Å². The van der Waals surface area contributed by atoms with Gasteiger partial charge in [0.15, 0.2) is 5.78 Å². The van der Waals surface area contributed by atoms with Crippen LogP contribution < -0.4 is 4.74 Å². The maximum Gasteiger partial charge on any atom is 0.304 e. The van der Waals surface area contributed by atoms with Gasteiger partial charge in [-0.25, -0.2) is 8.42 Å². The molecule has 2 heterocycles. The average molecular weight is 615 g/mol. The number of ether oxygens (including phenoxy) is 1. The molecule has 4 aromatic rings. The van der Waals surface area contributed by atoms with Crippen molar-refractivity contribution in [1.29, 1.82) is 0 Å². The van der Waals surface area contributed by atoms with Gasteiger partial charge < -0.3 is 9.84 Å². The van der Waals surface area contributed by atoms with Gasteiger partial charge in [-0.15, -0.1) is 17.3 Å². The first-order valence-electron chi connectivity index (χ1n) is 14.3. The van der Waals surface area contributed by atoms with E-state index in [0.717, 1.165) is 33.2 Å². The van der Waals surface area contributed by atoms with Gasteiger partial charge in [0.2, 0.25) is 0 Å². The lowest BCUT2D eigenvalue weighted by Gasteiger charge is -2.21. The summed E-state index contributed by atoms with van der Waals surface area (Å²) in [7, 11) is -3.02. The Balaban J connectivity index is 1.33. The highest BCUT2D eigenvalue weighted by molar-refractivity contribution is 7.91. The Hall–Kier alpha value is -3.93. The number of fused-ring (bicyclic) bond motifs is 1. The predicted octanol–water partition coefficient (Wildman–Crippen LogP) is 7.35. The number of carbonyl (C=O) groups excluding carboxylic acids is 1. The van der Waals surface area contributed by atoms with Gasteiger partial charge in [-0.2, -0.15) is 0 Å². The Kier molecular flexibility index (Phi) is 9.05. The largest absolute Gasteiger partial charge is 0.489 e. The molecule has 5 rings (SSSR count). The van der Waals surface area contributed by atoms with Crippen molar-refractivity contribution in [3.63, 3.8) is 0 Å². The lowest BCUT2D eigenvalue weighted by atomic mass is 9.89. The molecule has 6 nitrogen and oxygen atoms in total. The number of carboxylic acids is 1. The number of benzene rings is 3. The van der Waals surface area contributed by atoms with Crippen LogP contribution in [-0.2, 0) is 21.2 Å². The van der Waals surface area contributed by atoms with Crippen molar-refractivity contribution in [3.8, 4) is 28.7 Å². The van der Waals surface area contributed by atoms with Gasteiger partial charge in [0.25, 0.3) is 0 Å². The van der Waals surface area contributed by atoms with Gasteiger partial charge in [-0.1, -0.05) is 36.3 Å². The van der Waals surface area contributed by atoms with E-state index in [-0.39, 0.29) is 35.5 Å². The summed E-state index contributed by atoms with van der Waals surface area (Å²) in [6.07, 6.45) is 0.739. The summed E-state index contributed by atoms with van der Waals surface area (Å²) in [5, 5.41) is 10.3. The minimum Gasteiger partial charge on any atom is -0.489 e. The van der Waals surface area contributed by atoms with E-state index < -0.39 is 15.8 Å². The third-order valence-corrected chi connectivity index (χ3v) is 10.8. The minimum absolute atomic E-state index is 0.0274.